The lowest BCUT2D eigenvalue weighted by molar-refractivity contribution is -0.120. The summed E-state index contributed by atoms with van der Waals surface area (Å²) < 4.78 is 10.7. The molecule has 0 aliphatic carbocycles. The van der Waals surface area contributed by atoms with Crippen LogP contribution in [0.2, 0.25) is 0 Å². The Labute approximate surface area is 163 Å². The number of nitrogens with zero attached hydrogens (tertiary/aromatic N) is 1. The maximum atomic E-state index is 11.9. The zero-order chi connectivity index (χ0) is 16.2. The number of ether oxygens (including phenoxy) is 2. The van der Waals surface area contributed by atoms with Crippen LogP contribution < -0.4 is 20.1 Å². The summed E-state index contributed by atoms with van der Waals surface area (Å²) in [5, 5.41) is 8.76. The van der Waals surface area contributed by atoms with Crippen molar-refractivity contribution < 1.29 is 14.3 Å². The molecule has 2 aromatic rings. The van der Waals surface area contributed by atoms with Crippen LogP contribution in [0, 0.1) is 0 Å². The van der Waals surface area contributed by atoms with E-state index in [1.54, 1.807) is 0 Å². The lowest BCUT2D eigenvalue weighted by Gasteiger charge is -2.10. The van der Waals surface area contributed by atoms with Gasteiger partial charge >= 0.3 is 0 Å². The highest BCUT2D eigenvalue weighted by Gasteiger charge is 2.16. The van der Waals surface area contributed by atoms with E-state index in [0.29, 0.717) is 6.54 Å². The van der Waals surface area contributed by atoms with Gasteiger partial charge in [0.25, 0.3) is 0 Å². The standard InChI is InChI=1S/C16H19N3O3S.2ClH/c1-10(17-2)7-18-15(20)6-12-8-23-16(19-12)11-3-4-13-14(5-11)22-9-21-13;;/h3-5,8,10,17H,6-7,9H2,1-2H3,(H,18,20);2*1H. The number of halogens is 2. The fourth-order valence-electron chi connectivity index (χ4n) is 2.15. The van der Waals surface area contributed by atoms with Crippen LogP contribution in [-0.4, -0.2) is 37.3 Å². The zero-order valence-corrected chi connectivity index (χ0v) is 16.4. The zero-order valence-electron chi connectivity index (χ0n) is 13.9. The number of carbonyl (C=O) groups is 1. The van der Waals surface area contributed by atoms with Crippen LogP contribution in [0.4, 0.5) is 0 Å². The van der Waals surface area contributed by atoms with Crippen molar-refractivity contribution >= 4 is 42.1 Å². The molecular weight excluding hydrogens is 385 g/mol. The Hall–Kier alpha value is -1.54. The first-order chi connectivity index (χ1) is 11.2. The van der Waals surface area contributed by atoms with Gasteiger partial charge in [0, 0.05) is 23.5 Å². The van der Waals surface area contributed by atoms with Gasteiger partial charge in [0.05, 0.1) is 12.1 Å². The van der Waals surface area contributed by atoms with Gasteiger partial charge in [-0.1, -0.05) is 0 Å². The van der Waals surface area contributed by atoms with Crippen LogP contribution in [0.15, 0.2) is 23.6 Å². The van der Waals surface area contributed by atoms with E-state index in [9.17, 15) is 4.79 Å². The van der Waals surface area contributed by atoms with Gasteiger partial charge < -0.3 is 20.1 Å². The maximum absolute atomic E-state index is 11.9. The van der Waals surface area contributed by atoms with Crippen LogP contribution in [0.1, 0.15) is 12.6 Å². The van der Waals surface area contributed by atoms with Crippen molar-refractivity contribution in [1.29, 1.82) is 0 Å². The molecule has 1 atom stereocenters. The summed E-state index contributed by atoms with van der Waals surface area (Å²) in [4.78, 5) is 16.5. The second-order valence-electron chi connectivity index (χ2n) is 5.38. The molecule has 2 N–H and O–H groups in total. The van der Waals surface area contributed by atoms with Crippen molar-refractivity contribution in [1.82, 2.24) is 15.6 Å². The van der Waals surface area contributed by atoms with Crippen LogP contribution in [0.3, 0.4) is 0 Å². The summed E-state index contributed by atoms with van der Waals surface area (Å²) in [7, 11) is 1.87. The lowest BCUT2D eigenvalue weighted by Crippen LogP contribution is -2.37. The van der Waals surface area contributed by atoms with E-state index in [0.717, 1.165) is 27.8 Å². The molecule has 0 radical (unpaired) electrons. The summed E-state index contributed by atoms with van der Waals surface area (Å²) in [5.74, 6) is 1.47. The monoisotopic (exact) mass is 405 g/mol. The number of aromatic nitrogens is 1. The summed E-state index contributed by atoms with van der Waals surface area (Å²) >= 11 is 1.52. The highest BCUT2D eigenvalue weighted by molar-refractivity contribution is 7.13. The molecule has 6 nitrogen and oxygen atoms in total. The number of benzene rings is 1. The summed E-state index contributed by atoms with van der Waals surface area (Å²) in [6.07, 6.45) is 0.289. The first-order valence-corrected chi connectivity index (χ1v) is 8.32. The Kier molecular flexibility index (Phi) is 8.44. The number of likely N-dealkylation sites (N-methyl/N-ethyl adjacent to an activating group) is 1. The Morgan fingerprint density at radius 3 is 2.84 bits per heavy atom. The molecule has 1 amide bonds. The highest BCUT2D eigenvalue weighted by atomic mass is 35.5. The number of thiazole rings is 1. The van der Waals surface area contributed by atoms with Crippen molar-refractivity contribution in [2.45, 2.75) is 19.4 Å². The van der Waals surface area contributed by atoms with Crippen molar-refractivity contribution in [2.24, 2.45) is 0 Å². The number of nitrogens with one attached hydrogen (secondary N) is 2. The Morgan fingerprint density at radius 1 is 1.32 bits per heavy atom. The quantitative estimate of drug-likeness (QED) is 0.772. The van der Waals surface area contributed by atoms with Gasteiger partial charge in [-0.2, -0.15) is 0 Å². The molecule has 3 rings (SSSR count). The second-order valence-corrected chi connectivity index (χ2v) is 6.24. The molecule has 0 spiro atoms. The van der Waals surface area contributed by atoms with E-state index in [1.165, 1.54) is 11.3 Å². The minimum absolute atomic E-state index is 0. The van der Waals surface area contributed by atoms with Crippen LogP contribution in [-0.2, 0) is 11.2 Å². The normalized spacial score (nSPS) is 12.7. The SMILES string of the molecule is CNC(C)CNC(=O)Cc1csc(-c2ccc3c(c2)OCO3)n1.Cl.Cl. The molecule has 1 aromatic heterocycles. The summed E-state index contributed by atoms with van der Waals surface area (Å²) in [6.45, 7) is 2.88. The largest absolute Gasteiger partial charge is 0.454 e. The third-order valence-electron chi connectivity index (χ3n) is 3.61. The molecule has 25 heavy (non-hydrogen) atoms. The maximum Gasteiger partial charge on any atom is 0.231 e. The molecule has 1 unspecified atom stereocenters. The topological polar surface area (TPSA) is 72.5 Å². The number of amides is 1. The van der Waals surface area contributed by atoms with E-state index >= 15 is 0 Å². The number of fused-ring (bicyclic) bond motifs is 1. The summed E-state index contributed by atoms with van der Waals surface area (Å²) in [5.41, 5.74) is 1.74. The van der Waals surface area contributed by atoms with Crippen molar-refractivity contribution in [3.63, 3.8) is 0 Å². The predicted octanol–water partition coefficient (Wildman–Crippen LogP) is 2.65. The van der Waals surface area contributed by atoms with Gasteiger partial charge in [0.2, 0.25) is 12.7 Å². The molecule has 1 aliphatic heterocycles. The number of carbonyl (C=O) groups excluding carboxylic acids is 1. The molecule has 0 fully saturated rings. The van der Waals surface area contributed by atoms with Gasteiger partial charge in [-0.25, -0.2) is 4.98 Å². The average molecular weight is 406 g/mol. The molecule has 1 aliphatic rings. The summed E-state index contributed by atoms with van der Waals surface area (Å²) in [6, 6.07) is 5.99. The van der Waals surface area contributed by atoms with Crippen LogP contribution in [0.5, 0.6) is 11.5 Å². The Balaban J connectivity index is 0.00000156. The Bertz CT molecular complexity index is 712. The van der Waals surface area contributed by atoms with E-state index < -0.39 is 0 Å². The van der Waals surface area contributed by atoms with Crippen LogP contribution in [0.25, 0.3) is 10.6 Å². The Morgan fingerprint density at radius 2 is 2.08 bits per heavy atom. The second kappa shape index (κ2) is 9.82. The van der Waals surface area contributed by atoms with Crippen molar-refractivity contribution in [2.75, 3.05) is 20.4 Å². The fraction of sp³-hybridized carbons (Fsp3) is 0.375. The minimum atomic E-state index is -0.0189. The average Bonchev–Trinajstić information content (AvgIpc) is 3.20. The minimum Gasteiger partial charge on any atom is -0.454 e. The number of rotatable bonds is 6. The van der Waals surface area contributed by atoms with E-state index in [1.807, 2.05) is 37.6 Å². The molecule has 0 saturated heterocycles. The van der Waals surface area contributed by atoms with Crippen molar-refractivity contribution in [3.8, 4) is 22.1 Å². The van der Waals surface area contributed by atoms with E-state index in [2.05, 4.69) is 15.6 Å². The van der Waals surface area contributed by atoms with Gasteiger partial charge in [0.15, 0.2) is 11.5 Å². The van der Waals surface area contributed by atoms with Gasteiger partial charge in [-0.3, -0.25) is 4.79 Å². The fourth-order valence-corrected chi connectivity index (χ4v) is 2.96. The van der Waals surface area contributed by atoms with E-state index in [4.69, 9.17) is 9.47 Å². The third kappa shape index (κ3) is 5.47. The van der Waals surface area contributed by atoms with E-state index in [-0.39, 0.29) is 50.0 Å². The molecule has 1 aromatic carbocycles. The molecule has 0 saturated carbocycles. The van der Waals surface area contributed by atoms with Crippen LogP contribution >= 0.6 is 36.2 Å². The van der Waals surface area contributed by atoms with Gasteiger partial charge in [0.1, 0.15) is 5.01 Å². The first-order valence-electron chi connectivity index (χ1n) is 7.44. The number of hydrogen-bond donors (Lipinski definition) is 2. The molecule has 0 bridgehead atoms. The molecule has 9 heteroatoms. The van der Waals surface area contributed by atoms with Gasteiger partial charge in [-0.05, 0) is 32.2 Å². The van der Waals surface area contributed by atoms with Gasteiger partial charge in [-0.15, -0.1) is 36.2 Å². The lowest BCUT2D eigenvalue weighted by atomic mass is 10.2. The highest BCUT2D eigenvalue weighted by Crippen LogP contribution is 2.36. The number of hydrogen-bond acceptors (Lipinski definition) is 6. The van der Waals surface area contributed by atoms with Crippen molar-refractivity contribution in [3.05, 3.63) is 29.3 Å². The predicted molar refractivity (Wildman–Crippen MR) is 103 cm³/mol. The smallest absolute Gasteiger partial charge is 0.231 e. The first kappa shape index (κ1) is 21.5. The molecular formula is C16H21Cl2N3O3S. The molecule has 2 heterocycles. The third-order valence-corrected chi connectivity index (χ3v) is 4.55. The molecule has 138 valence electrons.